The van der Waals surface area contributed by atoms with Gasteiger partial charge in [0.15, 0.2) is 9.84 Å². The predicted molar refractivity (Wildman–Crippen MR) is 70.0 cm³/mol. The van der Waals surface area contributed by atoms with Gasteiger partial charge in [0.2, 0.25) is 5.91 Å². The lowest BCUT2D eigenvalue weighted by molar-refractivity contribution is -0.137. The van der Waals surface area contributed by atoms with Crippen LogP contribution >= 0.6 is 0 Å². The SMILES string of the molecule is CN1CCC(C(=O)N(C)C2CCS(=O)(=O)C2)CC1. The monoisotopic (exact) mass is 274 g/mol. The zero-order valence-corrected chi connectivity index (χ0v) is 11.9. The van der Waals surface area contributed by atoms with Crippen LogP contribution in [0.1, 0.15) is 19.3 Å². The fraction of sp³-hybridized carbons (Fsp3) is 0.917. The summed E-state index contributed by atoms with van der Waals surface area (Å²) in [6.07, 6.45) is 2.37. The first-order chi connectivity index (χ1) is 8.39. The Morgan fingerprint density at radius 1 is 1.22 bits per heavy atom. The molecule has 1 atom stereocenters. The zero-order chi connectivity index (χ0) is 13.3. The highest BCUT2D eigenvalue weighted by atomic mass is 32.2. The van der Waals surface area contributed by atoms with Gasteiger partial charge in [-0.15, -0.1) is 0 Å². The van der Waals surface area contributed by atoms with Gasteiger partial charge in [-0.25, -0.2) is 8.42 Å². The third-order valence-electron chi connectivity index (χ3n) is 4.17. The standard InChI is InChI=1S/C12H22N2O3S/c1-13-6-3-10(4-7-13)12(15)14(2)11-5-8-18(16,17)9-11/h10-11H,3-9H2,1-2H3. The highest BCUT2D eigenvalue weighted by molar-refractivity contribution is 7.91. The van der Waals surface area contributed by atoms with Crippen molar-refractivity contribution >= 4 is 15.7 Å². The first-order valence-electron chi connectivity index (χ1n) is 6.55. The van der Waals surface area contributed by atoms with E-state index in [0.717, 1.165) is 25.9 Å². The highest BCUT2D eigenvalue weighted by Gasteiger charge is 2.35. The summed E-state index contributed by atoms with van der Waals surface area (Å²) in [6, 6.07) is -0.109. The van der Waals surface area contributed by atoms with Crippen molar-refractivity contribution in [3.8, 4) is 0 Å². The van der Waals surface area contributed by atoms with Crippen molar-refractivity contribution in [1.29, 1.82) is 0 Å². The van der Waals surface area contributed by atoms with Crippen LogP contribution in [0.15, 0.2) is 0 Å². The molecule has 6 heteroatoms. The lowest BCUT2D eigenvalue weighted by Gasteiger charge is -2.33. The van der Waals surface area contributed by atoms with Crippen molar-refractivity contribution in [3.05, 3.63) is 0 Å². The van der Waals surface area contributed by atoms with Crippen LogP contribution in [0.25, 0.3) is 0 Å². The van der Waals surface area contributed by atoms with Crippen molar-refractivity contribution in [1.82, 2.24) is 9.80 Å². The van der Waals surface area contributed by atoms with Gasteiger partial charge in [0.05, 0.1) is 11.5 Å². The Bertz CT molecular complexity index is 413. The zero-order valence-electron chi connectivity index (χ0n) is 11.1. The van der Waals surface area contributed by atoms with E-state index in [4.69, 9.17) is 0 Å². The average Bonchev–Trinajstić information content (AvgIpc) is 2.69. The van der Waals surface area contributed by atoms with Gasteiger partial charge in [-0.3, -0.25) is 4.79 Å². The first-order valence-corrected chi connectivity index (χ1v) is 8.37. The molecule has 0 N–H and O–H groups in total. The number of hydrogen-bond acceptors (Lipinski definition) is 4. The molecule has 5 nitrogen and oxygen atoms in total. The number of hydrogen-bond donors (Lipinski definition) is 0. The minimum Gasteiger partial charge on any atom is -0.341 e. The third kappa shape index (κ3) is 3.03. The second-order valence-corrected chi connectivity index (χ2v) is 7.81. The molecule has 2 rings (SSSR count). The molecule has 0 aromatic rings. The molecule has 1 unspecified atom stereocenters. The fourth-order valence-corrected chi connectivity index (χ4v) is 4.58. The maximum absolute atomic E-state index is 12.3. The smallest absolute Gasteiger partial charge is 0.225 e. The first kappa shape index (κ1) is 13.8. The van der Waals surface area contributed by atoms with Crippen LogP contribution in [-0.4, -0.2) is 68.9 Å². The molecule has 0 aliphatic carbocycles. The van der Waals surface area contributed by atoms with Gasteiger partial charge in [-0.1, -0.05) is 0 Å². The van der Waals surface area contributed by atoms with E-state index in [1.165, 1.54) is 0 Å². The van der Waals surface area contributed by atoms with Gasteiger partial charge in [0.1, 0.15) is 0 Å². The summed E-state index contributed by atoms with van der Waals surface area (Å²) in [5.41, 5.74) is 0. The van der Waals surface area contributed by atoms with Crippen LogP contribution in [0.3, 0.4) is 0 Å². The van der Waals surface area contributed by atoms with Crippen molar-refractivity contribution in [2.75, 3.05) is 38.7 Å². The van der Waals surface area contributed by atoms with Crippen molar-refractivity contribution in [2.24, 2.45) is 5.92 Å². The second-order valence-electron chi connectivity index (χ2n) is 5.58. The normalized spacial score (nSPS) is 29.3. The number of piperidine rings is 1. The van der Waals surface area contributed by atoms with Crippen LogP contribution < -0.4 is 0 Å². The maximum atomic E-state index is 12.3. The maximum Gasteiger partial charge on any atom is 0.225 e. The molecule has 18 heavy (non-hydrogen) atoms. The van der Waals surface area contributed by atoms with Gasteiger partial charge in [-0.05, 0) is 39.4 Å². The molecule has 1 amide bonds. The van der Waals surface area contributed by atoms with Crippen LogP contribution in [-0.2, 0) is 14.6 Å². The third-order valence-corrected chi connectivity index (χ3v) is 5.92. The van der Waals surface area contributed by atoms with Gasteiger partial charge < -0.3 is 9.80 Å². The number of carbonyl (C=O) groups excluding carboxylic acids is 1. The summed E-state index contributed by atoms with van der Waals surface area (Å²) in [6.45, 7) is 1.90. The molecule has 0 aromatic carbocycles. The Morgan fingerprint density at radius 2 is 1.83 bits per heavy atom. The summed E-state index contributed by atoms with van der Waals surface area (Å²) in [5.74, 6) is 0.574. The quantitative estimate of drug-likeness (QED) is 0.710. The largest absolute Gasteiger partial charge is 0.341 e. The predicted octanol–water partition coefficient (Wildman–Crippen LogP) is -0.0263. The lowest BCUT2D eigenvalue weighted by atomic mass is 9.95. The molecule has 2 aliphatic rings. The molecule has 0 aromatic heterocycles. The molecular formula is C12H22N2O3S. The van der Waals surface area contributed by atoms with Gasteiger partial charge in [-0.2, -0.15) is 0 Å². The molecule has 2 heterocycles. The molecule has 2 saturated heterocycles. The summed E-state index contributed by atoms with van der Waals surface area (Å²) >= 11 is 0. The molecule has 0 saturated carbocycles. The summed E-state index contributed by atoms with van der Waals surface area (Å²) in [4.78, 5) is 16.2. The van der Waals surface area contributed by atoms with Crippen LogP contribution in [0, 0.1) is 5.92 Å². The Morgan fingerprint density at radius 3 is 2.33 bits per heavy atom. The molecule has 0 bridgehead atoms. The van der Waals surface area contributed by atoms with E-state index >= 15 is 0 Å². The van der Waals surface area contributed by atoms with Crippen LogP contribution in [0.2, 0.25) is 0 Å². The number of nitrogens with zero attached hydrogens (tertiary/aromatic N) is 2. The Labute approximate surface area is 109 Å². The van der Waals surface area contributed by atoms with Gasteiger partial charge in [0.25, 0.3) is 0 Å². The number of likely N-dealkylation sites (tertiary alicyclic amines) is 1. The average molecular weight is 274 g/mol. The Balaban J connectivity index is 1.93. The van der Waals surface area contributed by atoms with E-state index in [1.807, 2.05) is 0 Å². The molecule has 2 fully saturated rings. The van der Waals surface area contributed by atoms with E-state index in [0.29, 0.717) is 6.42 Å². The molecular weight excluding hydrogens is 252 g/mol. The molecule has 2 aliphatic heterocycles. The summed E-state index contributed by atoms with van der Waals surface area (Å²) in [5, 5.41) is 0. The fourth-order valence-electron chi connectivity index (χ4n) is 2.80. The van der Waals surface area contributed by atoms with Crippen molar-refractivity contribution in [3.63, 3.8) is 0 Å². The summed E-state index contributed by atoms with van der Waals surface area (Å²) in [7, 11) is 0.904. The Kier molecular flexibility index (Phi) is 3.96. The highest BCUT2D eigenvalue weighted by Crippen LogP contribution is 2.22. The number of sulfone groups is 1. The van der Waals surface area contributed by atoms with E-state index in [2.05, 4.69) is 11.9 Å². The van der Waals surface area contributed by atoms with E-state index in [-0.39, 0.29) is 29.4 Å². The van der Waals surface area contributed by atoms with Crippen molar-refractivity contribution in [2.45, 2.75) is 25.3 Å². The minimum absolute atomic E-state index is 0.0782. The topological polar surface area (TPSA) is 57.7 Å². The lowest BCUT2D eigenvalue weighted by Crippen LogP contribution is -2.44. The molecule has 0 spiro atoms. The number of carbonyl (C=O) groups is 1. The number of rotatable bonds is 2. The molecule has 104 valence electrons. The van der Waals surface area contributed by atoms with Gasteiger partial charge >= 0.3 is 0 Å². The second kappa shape index (κ2) is 5.17. The van der Waals surface area contributed by atoms with Gasteiger partial charge in [0, 0.05) is 19.0 Å². The number of amides is 1. The van der Waals surface area contributed by atoms with E-state index in [9.17, 15) is 13.2 Å². The Hall–Kier alpha value is -0.620. The minimum atomic E-state index is -2.92. The van der Waals surface area contributed by atoms with Crippen LogP contribution in [0.4, 0.5) is 0 Å². The van der Waals surface area contributed by atoms with Crippen molar-refractivity contribution < 1.29 is 13.2 Å². The molecule has 0 radical (unpaired) electrons. The van der Waals surface area contributed by atoms with E-state index in [1.54, 1.807) is 11.9 Å². The van der Waals surface area contributed by atoms with E-state index < -0.39 is 9.84 Å². The summed E-state index contributed by atoms with van der Waals surface area (Å²) < 4.78 is 22.9. The van der Waals surface area contributed by atoms with Crippen LogP contribution in [0.5, 0.6) is 0 Å².